The van der Waals surface area contributed by atoms with E-state index in [1.807, 2.05) is 19.0 Å². The van der Waals surface area contributed by atoms with Gasteiger partial charge in [-0.25, -0.2) is 0 Å². The van der Waals surface area contributed by atoms with E-state index in [0.29, 0.717) is 11.9 Å². The van der Waals surface area contributed by atoms with E-state index in [-0.39, 0.29) is 18.4 Å². The third kappa shape index (κ3) is 3.25. The molecule has 0 bridgehead atoms. The Morgan fingerprint density at radius 3 is 2.35 bits per heavy atom. The number of rotatable bonds is 4. The van der Waals surface area contributed by atoms with Crippen molar-refractivity contribution in [1.29, 1.82) is 0 Å². The predicted octanol–water partition coefficient (Wildman–Crippen LogP) is -0.422. The summed E-state index contributed by atoms with van der Waals surface area (Å²) >= 11 is 0. The maximum absolute atomic E-state index is 12.1. The van der Waals surface area contributed by atoms with E-state index in [1.165, 1.54) is 0 Å². The van der Waals surface area contributed by atoms with E-state index >= 15 is 0 Å². The average molecular weight is 279 g/mol. The number of hydrogen-bond donors (Lipinski definition) is 1. The Kier molecular flexibility index (Phi) is 4.21. The number of amides is 1. The molecule has 2 N–H and O–H groups in total. The van der Waals surface area contributed by atoms with Crippen LogP contribution in [-0.2, 0) is 4.79 Å². The number of nitrogens with two attached hydrogens (primary N) is 1. The summed E-state index contributed by atoms with van der Waals surface area (Å²) in [6.07, 6.45) is 2.16. The molecule has 1 aromatic heterocycles. The summed E-state index contributed by atoms with van der Waals surface area (Å²) in [5.74, 6) is 1.14. The molecule has 0 aromatic carbocycles. The molecular weight excluding hydrogens is 258 g/mol. The highest BCUT2D eigenvalue weighted by atomic mass is 16.2. The zero-order chi connectivity index (χ0) is 14.7. The molecule has 0 spiro atoms. The van der Waals surface area contributed by atoms with Gasteiger partial charge in [0.1, 0.15) is 0 Å². The first-order chi connectivity index (χ1) is 9.47. The molecule has 0 saturated carbocycles. The Morgan fingerprint density at radius 1 is 1.15 bits per heavy atom. The second kappa shape index (κ2) is 5.89. The highest BCUT2D eigenvalue weighted by Gasteiger charge is 2.20. The number of likely N-dealkylation sites (tertiary alicyclic amines) is 1. The van der Waals surface area contributed by atoms with Crippen molar-refractivity contribution in [2.45, 2.75) is 12.8 Å². The largest absolute Gasteiger partial charge is 0.368 e. The van der Waals surface area contributed by atoms with Gasteiger partial charge in [-0.15, -0.1) is 0 Å². The summed E-state index contributed by atoms with van der Waals surface area (Å²) in [6, 6.07) is 0. The van der Waals surface area contributed by atoms with Crippen molar-refractivity contribution in [2.24, 2.45) is 0 Å². The van der Waals surface area contributed by atoms with Crippen molar-refractivity contribution in [3.05, 3.63) is 0 Å². The molecule has 1 fully saturated rings. The molecule has 8 heteroatoms. The standard InChI is InChI=1S/C12H21N7O/c1-17(2)11-14-10(13)15-12(16-11)18(3)8-9(20)19-6-4-5-7-19/h4-8H2,1-3H3,(H2,13,14,15,16). The molecule has 1 aliphatic rings. The van der Waals surface area contributed by atoms with Crippen LogP contribution < -0.4 is 15.5 Å². The van der Waals surface area contributed by atoms with Crippen LogP contribution in [0.1, 0.15) is 12.8 Å². The van der Waals surface area contributed by atoms with E-state index in [0.717, 1.165) is 25.9 Å². The van der Waals surface area contributed by atoms with Crippen molar-refractivity contribution in [3.8, 4) is 0 Å². The number of hydrogen-bond acceptors (Lipinski definition) is 7. The minimum absolute atomic E-state index is 0.0930. The zero-order valence-corrected chi connectivity index (χ0v) is 12.2. The van der Waals surface area contributed by atoms with E-state index in [9.17, 15) is 4.79 Å². The fourth-order valence-electron chi connectivity index (χ4n) is 2.08. The Balaban J connectivity index is 2.08. The van der Waals surface area contributed by atoms with Crippen molar-refractivity contribution in [3.63, 3.8) is 0 Å². The maximum atomic E-state index is 12.1. The third-order valence-corrected chi connectivity index (χ3v) is 3.20. The van der Waals surface area contributed by atoms with Gasteiger partial charge in [-0.2, -0.15) is 15.0 Å². The van der Waals surface area contributed by atoms with Crippen LogP contribution in [0, 0.1) is 0 Å². The highest BCUT2D eigenvalue weighted by Crippen LogP contribution is 2.13. The van der Waals surface area contributed by atoms with Gasteiger partial charge in [0.2, 0.25) is 23.8 Å². The van der Waals surface area contributed by atoms with Crippen LogP contribution >= 0.6 is 0 Å². The number of aromatic nitrogens is 3. The lowest BCUT2D eigenvalue weighted by atomic mass is 10.4. The van der Waals surface area contributed by atoms with Crippen LogP contribution in [0.4, 0.5) is 17.8 Å². The third-order valence-electron chi connectivity index (χ3n) is 3.20. The van der Waals surface area contributed by atoms with Gasteiger partial charge in [0.25, 0.3) is 0 Å². The molecule has 0 aliphatic carbocycles. The normalized spacial score (nSPS) is 14.4. The molecule has 8 nitrogen and oxygen atoms in total. The molecule has 0 unspecified atom stereocenters. The first-order valence-electron chi connectivity index (χ1n) is 6.65. The average Bonchev–Trinajstić information content (AvgIpc) is 2.91. The zero-order valence-electron chi connectivity index (χ0n) is 12.2. The number of nitrogen functional groups attached to an aromatic ring is 1. The van der Waals surface area contributed by atoms with Gasteiger partial charge in [-0.05, 0) is 12.8 Å². The van der Waals surface area contributed by atoms with Crippen LogP contribution in [-0.4, -0.2) is 66.5 Å². The maximum Gasteiger partial charge on any atom is 0.242 e. The molecule has 1 aliphatic heterocycles. The fourth-order valence-corrected chi connectivity index (χ4v) is 2.08. The Labute approximate surface area is 118 Å². The summed E-state index contributed by atoms with van der Waals surface area (Å²) < 4.78 is 0. The molecule has 1 saturated heterocycles. The summed E-state index contributed by atoms with van der Waals surface area (Å²) in [7, 11) is 5.43. The summed E-state index contributed by atoms with van der Waals surface area (Å²) in [5, 5.41) is 0. The van der Waals surface area contributed by atoms with Crippen molar-refractivity contribution in [2.75, 3.05) is 56.3 Å². The quantitative estimate of drug-likeness (QED) is 0.800. The Bertz CT molecular complexity index is 485. The van der Waals surface area contributed by atoms with Crippen molar-refractivity contribution in [1.82, 2.24) is 19.9 Å². The van der Waals surface area contributed by atoms with Crippen LogP contribution in [0.3, 0.4) is 0 Å². The Hall–Kier alpha value is -2.12. The number of nitrogens with zero attached hydrogens (tertiary/aromatic N) is 6. The number of anilines is 3. The second-order valence-corrected chi connectivity index (χ2v) is 5.13. The Morgan fingerprint density at radius 2 is 1.75 bits per heavy atom. The molecule has 0 radical (unpaired) electrons. The molecular formula is C12H21N7O. The second-order valence-electron chi connectivity index (χ2n) is 5.13. The van der Waals surface area contributed by atoms with Gasteiger partial charge in [0.05, 0.1) is 6.54 Å². The van der Waals surface area contributed by atoms with Gasteiger partial charge in [-0.3, -0.25) is 4.79 Å². The summed E-state index contributed by atoms with van der Waals surface area (Å²) in [4.78, 5) is 29.8. The van der Waals surface area contributed by atoms with Crippen LogP contribution in [0.2, 0.25) is 0 Å². The molecule has 2 rings (SSSR count). The van der Waals surface area contributed by atoms with Crippen LogP contribution in [0.5, 0.6) is 0 Å². The smallest absolute Gasteiger partial charge is 0.242 e. The minimum Gasteiger partial charge on any atom is -0.368 e. The van der Waals surface area contributed by atoms with Crippen molar-refractivity contribution >= 4 is 23.8 Å². The van der Waals surface area contributed by atoms with Gasteiger partial charge in [0, 0.05) is 34.2 Å². The summed E-state index contributed by atoms with van der Waals surface area (Å²) in [5.41, 5.74) is 5.68. The van der Waals surface area contributed by atoms with E-state index in [2.05, 4.69) is 15.0 Å². The topological polar surface area (TPSA) is 91.5 Å². The minimum atomic E-state index is 0.0930. The fraction of sp³-hybridized carbons (Fsp3) is 0.667. The molecule has 1 amide bonds. The van der Waals surface area contributed by atoms with Crippen molar-refractivity contribution < 1.29 is 4.79 Å². The first kappa shape index (κ1) is 14.3. The lowest BCUT2D eigenvalue weighted by Crippen LogP contribution is -2.38. The van der Waals surface area contributed by atoms with Gasteiger partial charge in [0.15, 0.2) is 0 Å². The van der Waals surface area contributed by atoms with Gasteiger partial charge in [-0.1, -0.05) is 0 Å². The number of carbonyl (C=O) groups excluding carboxylic acids is 1. The van der Waals surface area contributed by atoms with Gasteiger partial charge < -0.3 is 20.4 Å². The van der Waals surface area contributed by atoms with E-state index in [1.54, 1.807) is 16.8 Å². The first-order valence-corrected chi connectivity index (χ1v) is 6.65. The lowest BCUT2D eigenvalue weighted by molar-refractivity contribution is -0.128. The predicted molar refractivity (Wildman–Crippen MR) is 77.7 cm³/mol. The number of carbonyl (C=O) groups is 1. The highest BCUT2D eigenvalue weighted by molar-refractivity contribution is 5.81. The van der Waals surface area contributed by atoms with Gasteiger partial charge >= 0.3 is 0 Å². The molecule has 0 atom stereocenters. The molecule has 20 heavy (non-hydrogen) atoms. The molecule has 2 heterocycles. The number of likely N-dealkylation sites (N-methyl/N-ethyl adjacent to an activating group) is 1. The van der Waals surface area contributed by atoms with Crippen LogP contribution in [0.25, 0.3) is 0 Å². The lowest BCUT2D eigenvalue weighted by Gasteiger charge is -2.22. The van der Waals surface area contributed by atoms with E-state index < -0.39 is 0 Å². The molecule has 110 valence electrons. The molecule has 1 aromatic rings. The van der Waals surface area contributed by atoms with Crippen LogP contribution in [0.15, 0.2) is 0 Å². The summed E-state index contributed by atoms with van der Waals surface area (Å²) in [6.45, 7) is 1.93. The SMILES string of the molecule is CN(C)c1nc(N)nc(N(C)CC(=O)N2CCCC2)n1. The monoisotopic (exact) mass is 279 g/mol. The van der Waals surface area contributed by atoms with E-state index in [4.69, 9.17) is 5.73 Å².